The summed E-state index contributed by atoms with van der Waals surface area (Å²) >= 11 is 1.34. The lowest BCUT2D eigenvalue weighted by molar-refractivity contribution is -0.114. The number of carbonyl (C=O) groups excluding carboxylic acids is 1. The summed E-state index contributed by atoms with van der Waals surface area (Å²) < 4.78 is 2.95. The van der Waals surface area contributed by atoms with Crippen LogP contribution < -0.4 is 27.7 Å². The highest BCUT2D eigenvalue weighted by Crippen LogP contribution is 2.28. The quantitative estimate of drug-likeness (QED) is 0.442. The van der Waals surface area contributed by atoms with Gasteiger partial charge in [-0.05, 0) is 11.0 Å². The standard InChI is InChI=1S/C21H29N7O2S/c1-21(2,3)14-7-5-13(6-8-14)15-12-31-20(25-15)26-16(29)11-24-17-18(23)28(10-9-22)27(4)19(17)30/h5-8,12,24H,9-11,22-23H2,1-4H3,(H,25,26,29). The summed E-state index contributed by atoms with van der Waals surface area (Å²) in [5.41, 5.74) is 14.6. The fourth-order valence-electron chi connectivity index (χ4n) is 3.17. The minimum atomic E-state index is -0.322. The van der Waals surface area contributed by atoms with Crippen LogP contribution in [0.4, 0.5) is 16.6 Å². The maximum Gasteiger partial charge on any atom is 0.292 e. The van der Waals surface area contributed by atoms with Gasteiger partial charge in [-0.2, -0.15) is 0 Å². The Labute approximate surface area is 185 Å². The molecule has 10 heteroatoms. The molecule has 0 spiro atoms. The molecule has 0 atom stereocenters. The summed E-state index contributed by atoms with van der Waals surface area (Å²) in [5.74, 6) is -0.0713. The van der Waals surface area contributed by atoms with Gasteiger partial charge in [-0.3, -0.25) is 19.0 Å². The summed E-state index contributed by atoms with van der Waals surface area (Å²) in [7, 11) is 1.60. The Morgan fingerprint density at radius 2 is 1.90 bits per heavy atom. The molecule has 0 aliphatic carbocycles. The largest absolute Gasteiger partial charge is 0.382 e. The summed E-state index contributed by atoms with van der Waals surface area (Å²) in [5, 5.41) is 7.97. The van der Waals surface area contributed by atoms with Crippen molar-refractivity contribution in [1.29, 1.82) is 0 Å². The fraction of sp³-hybridized carbons (Fsp3) is 0.381. The number of nitrogens with zero attached hydrogens (tertiary/aromatic N) is 3. The second kappa shape index (κ2) is 8.94. The predicted molar refractivity (Wildman–Crippen MR) is 127 cm³/mol. The van der Waals surface area contributed by atoms with E-state index in [1.54, 1.807) is 11.7 Å². The van der Waals surface area contributed by atoms with Gasteiger partial charge in [-0.25, -0.2) is 4.98 Å². The minimum Gasteiger partial charge on any atom is -0.382 e. The van der Waals surface area contributed by atoms with E-state index in [-0.39, 0.29) is 34.9 Å². The number of amides is 1. The van der Waals surface area contributed by atoms with E-state index in [9.17, 15) is 9.59 Å². The molecule has 3 rings (SSSR count). The molecule has 6 N–H and O–H groups in total. The first-order valence-electron chi connectivity index (χ1n) is 9.97. The van der Waals surface area contributed by atoms with E-state index in [0.717, 1.165) is 11.3 Å². The van der Waals surface area contributed by atoms with Crippen LogP contribution in [-0.2, 0) is 23.8 Å². The second-order valence-corrected chi connectivity index (χ2v) is 9.13. The Balaban J connectivity index is 1.63. The van der Waals surface area contributed by atoms with Gasteiger partial charge in [0.25, 0.3) is 5.56 Å². The van der Waals surface area contributed by atoms with Gasteiger partial charge < -0.3 is 22.1 Å². The molecule has 0 saturated heterocycles. The Kier molecular flexibility index (Phi) is 6.51. The molecule has 31 heavy (non-hydrogen) atoms. The van der Waals surface area contributed by atoms with Crippen LogP contribution in [0.2, 0.25) is 0 Å². The Morgan fingerprint density at radius 1 is 1.23 bits per heavy atom. The zero-order valence-electron chi connectivity index (χ0n) is 18.2. The molecule has 3 aromatic rings. The number of nitrogens with two attached hydrogens (primary N) is 2. The number of hydrogen-bond donors (Lipinski definition) is 4. The Morgan fingerprint density at radius 3 is 2.52 bits per heavy atom. The van der Waals surface area contributed by atoms with Crippen LogP contribution in [0.3, 0.4) is 0 Å². The van der Waals surface area contributed by atoms with Gasteiger partial charge in [-0.15, -0.1) is 11.3 Å². The molecule has 0 aliphatic rings. The predicted octanol–water partition coefficient (Wildman–Crippen LogP) is 2.20. The number of carbonyl (C=O) groups is 1. The maximum absolute atomic E-state index is 12.3. The molecule has 0 unspecified atom stereocenters. The molecule has 166 valence electrons. The molecule has 1 amide bonds. The summed E-state index contributed by atoms with van der Waals surface area (Å²) in [6.07, 6.45) is 0. The topological polar surface area (TPSA) is 133 Å². The lowest BCUT2D eigenvalue weighted by Crippen LogP contribution is -2.25. The molecule has 2 heterocycles. The van der Waals surface area contributed by atoms with Crippen molar-refractivity contribution in [3.05, 3.63) is 45.6 Å². The van der Waals surface area contributed by atoms with E-state index in [0.29, 0.717) is 18.2 Å². The average Bonchev–Trinajstić information content (AvgIpc) is 3.25. The number of rotatable bonds is 7. The molecule has 0 fully saturated rings. The first-order chi connectivity index (χ1) is 14.6. The van der Waals surface area contributed by atoms with E-state index < -0.39 is 0 Å². The summed E-state index contributed by atoms with van der Waals surface area (Å²) in [4.78, 5) is 29.2. The number of nitrogens with one attached hydrogen (secondary N) is 2. The van der Waals surface area contributed by atoms with E-state index >= 15 is 0 Å². The molecule has 0 saturated carbocycles. The van der Waals surface area contributed by atoms with Gasteiger partial charge in [0, 0.05) is 24.5 Å². The third kappa shape index (κ3) is 4.97. The summed E-state index contributed by atoms with van der Waals surface area (Å²) in [6, 6.07) is 8.26. The Hall–Kier alpha value is -3.11. The fourth-order valence-corrected chi connectivity index (χ4v) is 3.90. The number of aromatic nitrogens is 3. The Bertz CT molecular complexity index is 1120. The smallest absolute Gasteiger partial charge is 0.292 e. The van der Waals surface area contributed by atoms with E-state index in [1.165, 1.54) is 21.6 Å². The molecular formula is C21H29N7O2S. The van der Waals surface area contributed by atoms with Crippen molar-refractivity contribution in [2.75, 3.05) is 29.5 Å². The van der Waals surface area contributed by atoms with Crippen molar-refractivity contribution in [2.24, 2.45) is 12.8 Å². The van der Waals surface area contributed by atoms with Crippen molar-refractivity contribution < 1.29 is 4.79 Å². The van der Waals surface area contributed by atoms with Crippen molar-refractivity contribution in [2.45, 2.75) is 32.7 Å². The van der Waals surface area contributed by atoms with Crippen LogP contribution in [0.15, 0.2) is 34.4 Å². The number of anilines is 3. The highest BCUT2D eigenvalue weighted by molar-refractivity contribution is 7.14. The monoisotopic (exact) mass is 443 g/mol. The van der Waals surface area contributed by atoms with Gasteiger partial charge >= 0.3 is 0 Å². The second-order valence-electron chi connectivity index (χ2n) is 8.27. The zero-order valence-corrected chi connectivity index (χ0v) is 19.0. The van der Waals surface area contributed by atoms with Crippen molar-refractivity contribution in [3.8, 4) is 11.3 Å². The maximum atomic E-state index is 12.3. The molecule has 1 aromatic carbocycles. The van der Waals surface area contributed by atoms with Gasteiger partial charge in [0.2, 0.25) is 5.91 Å². The third-order valence-corrected chi connectivity index (χ3v) is 5.73. The van der Waals surface area contributed by atoms with Gasteiger partial charge in [0.15, 0.2) is 5.13 Å². The number of nitrogen functional groups attached to an aromatic ring is 1. The minimum absolute atomic E-state index is 0.0857. The number of thiazole rings is 1. The SMILES string of the molecule is Cn1c(=O)c(NCC(=O)Nc2nc(-c3ccc(C(C)(C)C)cc3)cs2)c(N)n1CCN. The molecule has 2 aromatic heterocycles. The van der Waals surface area contributed by atoms with Crippen LogP contribution in [0.25, 0.3) is 11.3 Å². The van der Waals surface area contributed by atoms with Gasteiger partial charge in [0.1, 0.15) is 11.5 Å². The van der Waals surface area contributed by atoms with Gasteiger partial charge in [0.05, 0.1) is 18.8 Å². The molecule has 9 nitrogen and oxygen atoms in total. The lowest BCUT2D eigenvalue weighted by atomic mass is 9.86. The summed E-state index contributed by atoms with van der Waals surface area (Å²) in [6.45, 7) is 7.15. The number of hydrogen-bond acceptors (Lipinski definition) is 7. The molecule has 0 bridgehead atoms. The average molecular weight is 444 g/mol. The first kappa shape index (κ1) is 22.6. The van der Waals surface area contributed by atoms with Crippen molar-refractivity contribution >= 4 is 33.9 Å². The van der Waals surface area contributed by atoms with Crippen LogP contribution in [0, 0.1) is 0 Å². The van der Waals surface area contributed by atoms with Crippen LogP contribution in [0.5, 0.6) is 0 Å². The molecule has 0 aliphatic heterocycles. The highest BCUT2D eigenvalue weighted by atomic mass is 32.1. The zero-order chi connectivity index (χ0) is 22.8. The van der Waals surface area contributed by atoms with E-state index in [2.05, 4.69) is 48.5 Å². The van der Waals surface area contributed by atoms with Gasteiger partial charge in [-0.1, -0.05) is 45.0 Å². The molecular weight excluding hydrogens is 414 g/mol. The normalized spacial score (nSPS) is 11.5. The van der Waals surface area contributed by atoms with Crippen LogP contribution in [0.1, 0.15) is 26.3 Å². The number of benzene rings is 1. The molecule has 0 radical (unpaired) electrons. The van der Waals surface area contributed by atoms with Crippen LogP contribution >= 0.6 is 11.3 Å². The highest BCUT2D eigenvalue weighted by Gasteiger charge is 2.17. The van der Waals surface area contributed by atoms with E-state index in [1.807, 2.05) is 17.5 Å². The van der Waals surface area contributed by atoms with Crippen molar-refractivity contribution in [3.63, 3.8) is 0 Å². The van der Waals surface area contributed by atoms with Crippen molar-refractivity contribution in [1.82, 2.24) is 14.3 Å². The van der Waals surface area contributed by atoms with E-state index in [4.69, 9.17) is 11.5 Å². The lowest BCUT2D eigenvalue weighted by Gasteiger charge is -2.18. The first-order valence-corrected chi connectivity index (χ1v) is 10.8. The third-order valence-electron chi connectivity index (χ3n) is 4.97. The van der Waals surface area contributed by atoms with Crippen LogP contribution in [-0.4, -0.2) is 33.3 Å².